The van der Waals surface area contributed by atoms with Gasteiger partial charge < -0.3 is 14.4 Å². The normalized spacial score (nSPS) is 20.6. The molecule has 0 N–H and O–H groups in total. The highest BCUT2D eigenvalue weighted by Gasteiger charge is 2.45. The molecule has 0 spiro atoms. The predicted octanol–water partition coefficient (Wildman–Crippen LogP) is 6.45. The Morgan fingerprint density at radius 3 is 2.46 bits per heavy atom. The number of benzene rings is 2. The van der Waals surface area contributed by atoms with Gasteiger partial charge in [0.2, 0.25) is 0 Å². The number of carbonyl (C=O) groups is 1. The number of rotatable bonds is 6. The first-order chi connectivity index (χ1) is 18.4. The molecular formula is C27H23F6N3O3. The fraction of sp³-hybridized carbons (Fsp3) is 0.333. The van der Waals surface area contributed by atoms with Gasteiger partial charge in [0, 0.05) is 11.1 Å². The standard InChI is InChI=1S/C27H23F6N3O3/c1-15-24(16-9-17(27(31,32)33)11-18(28)10-16)39-25(37)36(15)12-21-19(20-5-3-4-6-22(20)38-2)7-8-23(34-21)35-13-26(29,30)14-35/h3-11,15,24H,12-14H2,1-2H3/t15-,24-/m0/s1. The Morgan fingerprint density at radius 1 is 1.08 bits per heavy atom. The maximum atomic E-state index is 14.1. The molecule has 206 valence electrons. The average molecular weight is 551 g/mol. The van der Waals surface area contributed by atoms with Crippen molar-refractivity contribution in [3.05, 3.63) is 77.2 Å². The summed E-state index contributed by atoms with van der Waals surface area (Å²) in [5.41, 5.74) is 0.210. The van der Waals surface area contributed by atoms with Crippen molar-refractivity contribution < 1.29 is 40.6 Å². The van der Waals surface area contributed by atoms with Gasteiger partial charge in [-0.15, -0.1) is 0 Å². The number of carbonyl (C=O) groups excluding carboxylic acids is 1. The molecule has 0 bridgehead atoms. The number of pyridine rings is 1. The molecule has 5 rings (SSSR count). The van der Waals surface area contributed by atoms with Crippen LogP contribution in [0.1, 0.15) is 29.8 Å². The van der Waals surface area contributed by atoms with E-state index < -0.39 is 54.8 Å². The minimum absolute atomic E-state index is 0.139. The van der Waals surface area contributed by atoms with E-state index >= 15 is 0 Å². The lowest BCUT2D eigenvalue weighted by molar-refractivity contribution is -0.137. The zero-order valence-corrected chi connectivity index (χ0v) is 20.8. The Hall–Kier alpha value is -3.96. The van der Waals surface area contributed by atoms with Crippen LogP contribution in [-0.4, -0.2) is 48.1 Å². The van der Waals surface area contributed by atoms with Gasteiger partial charge in [-0.3, -0.25) is 4.90 Å². The van der Waals surface area contributed by atoms with Crippen molar-refractivity contribution in [3.63, 3.8) is 0 Å². The highest BCUT2D eigenvalue weighted by atomic mass is 19.4. The molecule has 3 heterocycles. The smallest absolute Gasteiger partial charge is 0.416 e. The van der Waals surface area contributed by atoms with Crippen LogP contribution in [-0.2, 0) is 17.5 Å². The van der Waals surface area contributed by atoms with Crippen molar-refractivity contribution in [3.8, 4) is 16.9 Å². The number of alkyl halides is 5. The average Bonchev–Trinajstić information content (AvgIpc) is 3.14. The van der Waals surface area contributed by atoms with E-state index in [2.05, 4.69) is 4.98 Å². The molecule has 0 aliphatic carbocycles. The van der Waals surface area contributed by atoms with Crippen molar-refractivity contribution in [2.45, 2.75) is 37.7 Å². The first kappa shape index (κ1) is 26.6. The van der Waals surface area contributed by atoms with Crippen molar-refractivity contribution >= 4 is 11.9 Å². The number of hydrogen-bond donors (Lipinski definition) is 0. The van der Waals surface area contributed by atoms with Crippen LogP contribution in [0.5, 0.6) is 5.75 Å². The number of amides is 1. The molecular weight excluding hydrogens is 528 g/mol. The zero-order chi connectivity index (χ0) is 28.1. The second-order valence-electron chi connectivity index (χ2n) is 9.52. The lowest BCUT2D eigenvalue weighted by atomic mass is 9.99. The molecule has 2 aromatic carbocycles. The third-order valence-corrected chi connectivity index (χ3v) is 6.81. The number of methoxy groups -OCH3 is 1. The predicted molar refractivity (Wildman–Crippen MR) is 129 cm³/mol. The molecule has 2 fully saturated rings. The zero-order valence-electron chi connectivity index (χ0n) is 20.8. The molecule has 12 heteroatoms. The largest absolute Gasteiger partial charge is 0.496 e. The van der Waals surface area contributed by atoms with Gasteiger partial charge >= 0.3 is 12.3 Å². The monoisotopic (exact) mass is 551 g/mol. The highest BCUT2D eigenvalue weighted by Crippen LogP contribution is 2.40. The summed E-state index contributed by atoms with van der Waals surface area (Å²) < 4.78 is 91.8. The maximum absolute atomic E-state index is 14.1. The second kappa shape index (κ2) is 9.65. The molecule has 0 saturated carbocycles. The lowest BCUT2D eigenvalue weighted by Gasteiger charge is -2.39. The Bertz CT molecular complexity index is 1410. The number of hydrogen-bond acceptors (Lipinski definition) is 5. The molecule has 6 nitrogen and oxygen atoms in total. The summed E-state index contributed by atoms with van der Waals surface area (Å²) >= 11 is 0. The molecule has 0 unspecified atom stereocenters. The quantitative estimate of drug-likeness (QED) is 0.330. The van der Waals surface area contributed by atoms with Gasteiger partial charge in [-0.25, -0.2) is 22.9 Å². The molecule has 2 atom stereocenters. The van der Waals surface area contributed by atoms with Crippen LogP contribution in [0.2, 0.25) is 0 Å². The summed E-state index contributed by atoms with van der Waals surface area (Å²) in [4.78, 5) is 20.1. The first-order valence-corrected chi connectivity index (χ1v) is 12.0. The van der Waals surface area contributed by atoms with Crippen LogP contribution >= 0.6 is 0 Å². The number of cyclic esters (lactones) is 1. The van der Waals surface area contributed by atoms with Crippen LogP contribution in [0.25, 0.3) is 11.1 Å². The molecule has 2 aliphatic rings. The van der Waals surface area contributed by atoms with Gasteiger partial charge in [0.05, 0.1) is 44.0 Å². The summed E-state index contributed by atoms with van der Waals surface area (Å²) in [5.74, 6) is -3.14. The van der Waals surface area contributed by atoms with Gasteiger partial charge in [-0.1, -0.05) is 18.2 Å². The van der Waals surface area contributed by atoms with Gasteiger partial charge in [0.1, 0.15) is 23.5 Å². The fourth-order valence-corrected chi connectivity index (χ4v) is 4.83. The third kappa shape index (κ3) is 5.19. The molecule has 39 heavy (non-hydrogen) atoms. The number of nitrogens with zero attached hydrogens (tertiary/aromatic N) is 3. The Morgan fingerprint density at radius 2 is 1.79 bits per heavy atom. The Kier molecular flexibility index (Phi) is 6.59. The van der Waals surface area contributed by atoms with E-state index in [1.54, 1.807) is 43.3 Å². The Balaban J connectivity index is 1.50. The number of halogens is 6. The number of aromatic nitrogens is 1. The van der Waals surface area contributed by atoms with E-state index in [-0.39, 0.29) is 17.9 Å². The Labute approximate surface area is 219 Å². The summed E-state index contributed by atoms with van der Waals surface area (Å²) in [5, 5.41) is 0. The van der Waals surface area contributed by atoms with Crippen molar-refractivity contribution in [2.75, 3.05) is 25.1 Å². The van der Waals surface area contributed by atoms with Crippen LogP contribution in [0, 0.1) is 5.82 Å². The molecule has 1 amide bonds. The molecule has 3 aromatic rings. The van der Waals surface area contributed by atoms with E-state index in [0.717, 1.165) is 12.1 Å². The molecule has 1 aromatic heterocycles. The van der Waals surface area contributed by atoms with Crippen LogP contribution in [0.4, 0.5) is 37.0 Å². The number of anilines is 1. The molecule has 2 saturated heterocycles. The van der Waals surface area contributed by atoms with E-state index in [0.29, 0.717) is 28.6 Å². The van der Waals surface area contributed by atoms with Crippen LogP contribution < -0.4 is 9.64 Å². The van der Waals surface area contributed by atoms with Crippen molar-refractivity contribution in [1.82, 2.24) is 9.88 Å². The maximum Gasteiger partial charge on any atom is 0.416 e. The first-order valence-electron chi connectivity index (χ1n) is 12.0. The third-order valence-electron chi connectivity index (χ3n) is 6.81. The summed E-state index contributed by atoms with van der Waals surface area (Å²) in [6.07, 6.45) is -6.80. The van der Waals surface area contributed by atoms with Crippen molar-refractivity contribution in [1.29, 1.82) is 0 Å². The highest BCUT2D eigenvalue weighted by molar-refractivity contribution is 5.75. The van der Waals surface area contributed by atoms with E-state index in [9.17, 15) is 31.1 Å². The SMILES string of the molecule is COc1ccccc1-c1ccc(N2CC(F)(F)C2)nc1CN1C(=O)O[C@H](c2cc(F)cc(C(F)(F)F)c2)[C@@H]1C. The fourth-order valence-electron chi connectivity index (χ4n) is 4.83. The minimum Gasteiger partial charge on any atom is -0.496 e. The molecule has 0 radical (unpaired) electrons. The lowest BCUT2D eigenvalue weighted by Crippen LogP contribution is -2.56. The van der Waals surface area contributed by atoms with Crippen LogP contribution in [0.3, 0.4) is 0 Å². The minimum atomic E-state index is -4.79. The van der Waals surface area contributed by atoms with Crippen LogP contribution in [0.15, 0.2) is 54.6 Å². The number of ether oxygens (including phenoxy) is 2. The topological polar surface area (TPSA) is 54.9 Å². The van der Waals surface area contributed by atoms with E-state index in [4.69, 9.17) is 9.47 Å². The van der Waals surface area contributed by atoms with Gasteiger partial charge in [-0.05, 0) is 48.9 Å². The van der Waals surface area contributed by atoms with E-state index in [1.165, 1.54) is 16.9 Å². The summed E-state index contributed by atoms with van der Waals surface area (Å²) in [7, 11) is 1.49. The van der Waals surface area contributed by atoms with Gasteiger partial charge in [0.25, 0.3) is 5.92 Å². The number of para-hydroxylation sites is 1. The molecule has 2 aliphatic heterocycles. The van der Waals surface area contributed by atoms with Crippen molar-refractivity contribution in [2.24, 2.45) is 0 Å². The van der Waals surface area contributed by atoms with E-state index in [1.807, 2.05) is 0 Å². The summed E-state index contributed by atoms with van der Waals surface area (Å²) in [6.45, 7) is 0.414. The van der Waals surface area contributed by atoms with Gasteiger partial charge in [-0.2, -0.15) is 13.2 Å². The van der Waals surface area contributed by atoms with Gasteiger partial charge in [0.15, 0.2) is 0 Å². The summed E-state index contributed by atoms with van der Waals surface area (Å²) in [6, 6.07) is 11.6. The second-order valence-corrected chi connectivity index (χ2v) is 9.52.